The monoisotopic (exact) mass is 441 g/mol. The summed E-state index contributed by atoms with van der Waals surface area (Å²) < 4.78 is 12.3. The number of carbonyl (C=O) groups is 1. The van der Waals surface area contributed by atoms with E-state index in [4.69, 9.17) is 9.47 Å². The van der Waals surface area contributed by atoms with Crippen molar-refractivity contribution in [1.29, 1.82) is 0 Å². The van der Waals surface area contributed by atoms with Gasteiger partial charge in [-0.2, -0.15) is 0 Å². The summed E-state index contributed by atoms with van der Waals surface area (Å²) in [6.07, 6.45) is 0. The van der Waals surface area contributed by atoms with E-state index < -0.39 is 0 Å². The van der Waals surface area contributed by atoms with E-state index in [1.807, 2.05) is 31.2 Å². The molecule has 1 amide bonds. The molecule has 122 valence electrons. The van der Waals surface area contributed by atoms with Crippen LogP contribution in [0.5, 0.6) is 11.5 Å². The minimum Gasteiger partial charge on any atom is -0.493 e. The quantitative estimate of drug-likeness (QED) is 0.728. The third-order valence-corrected chi connectivity index (χ3v) is 4.58. The molecule has 0 fully saturated rings. The minimum absolute atomic E-state index is 0.138. The van der Waals surface area contributed by atoms with Crippen molar-refractivity contribution in [3.63, 3.8) is 0 Å². The molecule has 2 aromatic carbocycles. The molecule has 2 rings (SSSR count). The van der Waals surface area contributed by atoms with E-state index in [1.54, 1.807) is 26.4 Å². The second kappa shape index (κ2) is 7.84. The van der Waals surface area contributed by atoms with Gasteiger partial charge >= 0.3 is 0 Å². The van der Waals surface area contributed by atoms with Crippen molar-refractivity contribution in [3.05, 3.63) is 56.5 Å². The van der Waals surface area contributed by atoms with Crippen LogP contribution >= 0.6 is 31.9 Å². The van der Waals surface area contributed by atoms with Crippen LogP contribution < -0.4 is 14.8 Å². The van der Waals surface area contributed by atoms with Crippen LogP contribution in [-0.2, 0) is 0 Å². The summed E-state index contributed by atoms with van der Waals surface area (Å²) in [5.41, 5.74) is 1.51. The van der Waals surface area contributed by atoms with Crippen LogP contribution in [-0.4, -0.2) is 20.1 Å². The van der Waals surface area contributed by atoms with Crippen molar-refractivity contribution in [3.8, 4) is 11.5 Å². The Labute approximate surface area is 152 Å². The van der Waals surface area contributed by atoms with Crippen LogP contribution in [0.25, 0.3) is 0 Å². The third-order valence-electron chi connectivity index (χ3n) is 3.40. The molecule has 0 saturated heterocycles. The average Bonchev–Trinajstić information content (AvgIpc) is 2.54. The van der Waals surface area contributed by atoms with Gasteiger partial charge in [0.2, 0.25) is 0 Å². The maximum absolute atomic E-state index is 12.4. The van der Waals surface area contributed by atoms with Crippen LogP contribution in [0.4, 0.5) is 0 Å². The molecule has 1 N–H and O–H groups in total. The van der Waals surface area contributed by atoms with Crippen molar-refractivity contribution < 1.29 is 14.3 Å². The van der Waals surface area contributed by atoms with E-state index in [0.717, 1.165) is 14.5 Å². The Hall–Kier alpha value is -1.53. The molecule has 2 aromatic rings. The Morgan fingerprint density at radius 2 is 1.74 bits per heavy atom. The third kappa shape index (κ3) is 4.26. The number of ether oxygens (including phenoxy) is 2. The first-order chi connectivity index (χ1) is 11.0. The Morgan fingerprint density at radius 3 is 2.35 bits per heavy atom. The summed E-state index contributed by atoms with van der Waals surface area (Å²) in [5.74, 6) is 1.11. The predicted octanol–water partition coefficient (Wildman–Crippen LogP) is 4.72. The highest BCUT2D eigenvalue weighted by atomic mass is 79.9. The van der Waals surface area contributed by atoms with E-state index in [1.165, 1.54) is 0 Å². The average molecular weight is 443 g/mol. The lowest BCUT2D eigenvalue weighted by atomic mass is 10.1. The Bertz CT molecular complexity index is 719. The molecular weight excluding hydrogens is 426 g/mol. The van der Waals surface area contributed by atoms with Crippen LogP contribution in [0.3, 0.4) is 0 Å². The van der Waals surface area contributed by atoms with Gasteiger partial charge in [-0.15, -0.1) is 0 Å². The largest absolute Gasteiger partial charge is 0.493 e. The standard InChI is InChI=1S/C17H17Br2NO3/c1-10(20-17(21)11-5-4-6-12(18)7-11)13-8-15(22-2)16(23-3)9-14(13)19/h4-10H,1-3H3,(H,20,21)/t10-/m0/s1. The van der Waals surface area contributed by atoms with Gasteiger partial charge in [0.05, 0.1) is 20.3 Å². The van der Waals surface area contributed by atoms with Gasteiger partial charge in [0.25, 0.3) is 5.91 Å². The molecule has 0 bridgehead atoms. The second-order valence-electron chi connectivity index (χ2n) is 4.93. The van der Waals surface area contributed by atoms with E-state index >= 15 is 0 Å². The zero-order chi connectivity index (χ0) is 17.0. The van der Waals surface area contributed by atoms with Crippen LogP contribution in [0, 0.1) is 0 Å². The fourth-order valence-corrected chi connectivity index (χ4v) is 3.25. The van der Waals surface area contributed by atoms with Gasteiger partial charge in [-0.1, -0.05) is 37.9 Å². The number of carbonyl (C=O) groups excluding carboxylic acids is 1. The number of methoxy groups -OCH3 is 2. The number of amides is 1. The van der Waals surface area contributed by atoms with Crippen LogP contribution in [0.1, 0.15) is 28.9 Å². The summed E-state index contributed by atoms with van der Waals surface area (Å²) in [7, 11) is 3.17. The topological polar surface area (TPSA) is 47.6 Å². The fraction of sp³-hybridized carbons (Fsp3) is 0.235. The molecule has 0 heterocycles. The minimum atomic E-state index is -0.198. The van der Waals surface area contributed by atoms with Crippen LogP contribution in [0.15, 0.2) is 45.3 Å². The molecule has 23 heavy (non-hydrogen) atoms. The van der Waals surface area contributed by atoms with E-state index in [9.17, 15) is 4.79 Å². The Morgan fingerprint density at radius 1 is 1.09 bits per heavy atom. The number of benzene rings is 2. The number of rotatable bonds is 5. The summed E-state index contributed by atoms with van der Waals surface area (Å²) in [6.45, 7) is 1.92. The molecule has 0 unspecified atom stereocenters. The smallest absolute Gasteiger partial charge is 0.251 e. The number of hydrogen-bond acceptors (Lipinski definition) is 3. The molecule has 0 aliphatic carbocycles. The molecular formula is C17H17Br2NO3. The molecule has 1 atom stereocenters. The second-order valence-corrected chi connectivity index (χ2v) is 6.70. The normalized spacial score (nSPS) is 11.7. The lowest BCUT2D eigenvalue weighted by molar-refractivity contribution is 0.0939. The fourth-order valence-electron chi connectivity index (χ4n) is 2.19. The Kier molecular flexibility index (Phi) is 6.07. The number of nitrogens with one attached hydrogen (secondary N) is 1. The molecule has 6 heteroatoms. The molecule has 0 aliphatic rings. The highest BCUT2D eigenvalue weighted by molar-refractivity contribution is 9.10. The highest BCUT2D eigenvalue weighted by Crippen LogP contribution is 2.36. The van der Waals surface area contributed by atoms with Gasteiger partial charge in [-0.3, -0.25) is 4.79 Å². The maximum atomic E-state index is 12.4. The molecule has 0 aromatic heterocycles. The van der Waals surface area contributed by atoms with Crippen LogP contribution in [0.2, 0.25) is 0 Å². The van der Waals surface area contributed by atoms with Gasteiger partial charge in [0, 0.05) is 14.5 Å². The molecule has 0 aliphatic heterocycles. The lowest BCUT2D eigenvalue weighted by Gasteiger charge is -2.18. The van der Waals surface area contributed by atoms with E-state index in [2.05, 4.69) is 37.2 Å². The molecule has 0 radical (unpaired) electrons. The Balaban J connectivity index is 2.23. The number of hydrogen-bond donors (Lipinski definition) is 1. The SMILES string of the molecule is COc1cc(Br)c([C@H](C)NC(=O)c2cccc(Br)c2)cc1OC. The van der Waals surface area contributed by atoms with Gasteiger partial charge in [-0.25, -0.2) is 0 Å². The molecule has 0 spiro atoms. The van der Waals surface area contributed by atoms with Crippen molar-refractivity contribution in [2.75, 3.05) is 14.2 Å². The zero-order valence-corrected chi connectivity index (χ0v) is 16.2. The summed E-state index contributed by atoms with van der Waals surface area (Å²) in [5, 5.41) is 2.98. The first-order valence-electron chi connectivity index (χ1n) is 6.94. The van der Waals surface area contributed by atoms with Gasteiger partial charge in [-0.05, 0) is 42.8 Å². The van der Waals surface area contributed by atoms with Crippen molar-refractivity contribution in [1.82, 2.24) is 5.32 Å². The summed E-state index contributed by atoms with van der Waals surface area (Å²) in [4.78, 5) is 12.4. The van der Waals surface area contributed by atoms with Crippen molar-refractivity contribution >= 4 is 37.8 Å². The first kappa shape index (κ1) is 17.8. The molecule has 0 saturated carbocycles. The lowest BCUT2D eigenvalue weighted by Crippen LogP contribution is -2.26. The predicted molar refractivity (Wildman–Crippen MR) is 97.3 cm³/mol. The first-order valence-corrected chi connectivity index (χ1v) is 8.52. The van der Waals surface area contributed by atoms with Crippen molar-refractivity contribution in [2.24, 2.45) is 0 Å². The van der Waals surface area contributed by atoms with E-state index in [0.29, 0.717) is 17.1 Å². The van der Waals surface area contributed by atoms with E-state index in [-0.39, 0.29) is 11.9 Å². The number of halogens is 2. The van der Waals surface area contributed by atoms with Gasteiger partial charge in [0.15, 0.2) is 11.5 Å². The maximum Gasteiger partial charge on any atom is 0.251 e. The zero-order valence-electron chi connectivity index (χ0n) is 13.0. The van der Waals surface area contributed by atoms with Gasteiger partial charge in [0.1, 0.15) is 0 Å². The molecule has 4 nitrogen and oxygen atoms in total. The summed E-state index contributed by atoms with van der Waals surface area (Å²) in [6, 6.07) is 10.8. The van der Waals surface area contributed by atoms with Crippen molar-refractivity contribution in [2.45, 2.75) is 13.0 Å². The van der Waals surface area contributed by atoms with Gasteiger partial charge < -0.3 is 14.8 Å². The summed E-state index contributed by atoms with van der Waals surface area (Å²) >= 11 is 6.89. The highest BCUT2D eigenvalue weighted by Gasteiger charge is 2.17.